The van der Waals surface area contributed by atoms with Crippen LogP contribution in [0.5, 0.6) is 0 Å². The van der Waals surface area contributed by atoms with E-state index in [9.17, 15) is 9.59 Å². The van der Waals surface area contributed by atoms with E-state index >= 15 is 0 Å². The molecule has 0 aliphatic carbocycles. The van der Waals surface area contributed by atoms with E-state index in [2.05, 4.69) is 4.98 Å². The van der Waals surface area contributed by atoms with Gasteiger partial charge in [0.15, 0.2) is 11.7 Å². The molecule has 1 N–H and O–H groups in total. The zero-order valence-electron chi connectivity index (χ0n) is 13.5. The molecule has 2 aromatic rings. The number of carbonyl (C=O) groups is 2. The van der Waals surface area contributed by atoms with Gasteiger partial charge >= 0.3 is 5.97 Å². The van der Waals surface area contributed by atoms with E-state index in [1.807, 2.05) is 18.2 Å². The highest BCUT2D eigenvalue weighted by atomic mass is 35.5. The van der Waals surface area contributed by atoms with E-state index < -0.39 is 11.9 Å². The van der Waals surface area contributed by atoms with Crippen LogP contribution in [0.1, 0.15) is 19.2 Å². The minimum atomic E-state index is -0.924. The molecule has 2 rings (SSSR count). The number of aliphatic carboxylic acids is 1. The van der Waals surface area contributed by atoms with E-state index in [4.69, 9.17) is 21.1 Å². The maximum absolute atomic E-state index is 12.0. The first kappa shape index (κ1) is 18.0. The van der Waals surface area contributed by atoms with Crippen molar-refractivity contribution in [2.45, 2.75) is 19.8 Å². The molecule has 1 aromatic carbocycles. The molecule has 0 aliphatic heterocycles. The smallest absolute Gasteiger partial charge is 0.308 e. The zero-order chi connectivity index (χ0) is 17.7. The summed E-state index contributed by atoms with van der Waals surface area (Å²) in [7, 11) is 1.59. The average molecular weight is 351 g/mol. The fourth-order valence-corrected chi connectivity index (χ4v) is 2.44. The Labute approximate surface area is 145 Å². The van der Waals surface area contributed by atoms with Crippen LogP contribution in [0.4, 0.5) is 0 Å². The average Bonchev–Trinajstić information content (AvgIpc) is 3.01. The maximum Gasteiger partial charge on any atom is 0.308 e. The van der Waals surface area contributed by atoms with Crippen LogP contribution < -0.4 is 0 Å². The molecule has 0 spiro atoms. The first-order valence-corrected chi connectivity index (χ1v) is 7.92. The molecule has 6 nitrogen and oxygen atoms in total. The number of hydrogen-bond acceptors (Lipinski definition) is 4. The first-order valence-electron chi connectivity index (χ1n) is 7.55. The number of carboxylic acids is 1. The van der Waals surface area contributed by atoms with Gasteiger partial charge in [0, 0.05) is 32.0 Å². The van der Waals surface area contributed by atoms with E-state index in [0.29, 0.717) is 23.1 Å². The Morgan fingerprint density at radius 1 is 1.38 bits per heavy atom. The Morgan fingerprint density at radius 3 is 2.75 bits per heavy atom. The highest BCUT2D eigenvalue weighted by molar-refractivity contribution is 6.33. The third-order valence-electron chi connectivity index (χ3n) is 3.64. The van der Waals surface area contributed by atoms with Crippen molar-refractivity contribution < 1.29 is 19.1 Å². The summed E-state index contributed by atoms with van der Waals surface area (Å²) in [6.07, 6.45) is 2.12. The molecule has 1 atom stereocenters. The van der Waals surface area contributed by atoms with Crippen molar-refractivity contribution in [3.8, 4) is 11.3 Å². The van der Waals surface area contributed by atoms with Gasteiger partial charge in [-0.2, -0.15) is 0 Å². The quantitative estimate of drug-likeness (QED) is 0.829. The van der Waals surface area contributed by atoms with Crippen molar-refractivity contribution in [2.75, 3.05) is 13.6 Å². The second-order valence-corrected chi connectivity index (χ2v) is 6.02. The second kappa shape index (κ2) is 7.97. The Morgan fingerprint density at radius 2 is 2.08 bits per heavy atom. The van der Waals surface area contributed by atoms with Crippen LogP contribution >= 0.6 is 11.6 Å². The normalized spacial score (nSPS) is 12.0. The van der Waals surface area contributed by atoms with Gasteiger partial charge in [0.25, 0.3) is 0 Å². The number of rotatable bonds is 7. The minimum absolute atomic E-state index is 0.152. The van der Waals surface area contributed by atoms with Crippen LogP contribution in [0.15, 0.2) is 34.9 Å². The highest BCUT2D eigenvalue weighted by Gasteiger charge is 2.18. The molecule has 0 saturated heterocycles. The molecular weight excluding hydrogens is 332 g/mol. The minimum Gasteiger partial charge on any atom is -0.481 e. The van der Waals surface area contributed by atoms with Crippen molar-refractivity contribution in [3.63, 3.8) is 0 Å². The number of carboxylic acid groups (broad SMARTS) is 1. The number of halogens is 1. The third-order valence-corrected chi connectivity index (χ3v) is 3.97. The molecule has 1 heterocycles. The molecular formula is C17H19ClN2O4. The van der Waals surface area contributed by atoms with Gasteiger partial charge in [0.2, 0.25) is 5.91 Å². The number of benzene rings is 1. The van der Waals surface area contributed by atoms with Crippen LogP contribution in [0, 0.1) is 5.92 Å². The molecule has 1 unspecified atom stereocenters. The monoisotopic (exact) mass is 350 g/mol. The number of amides is 1. The van der Waals surface area contributed by atoms with Crippen LogP contribution in [-0.2, 0) is 16.0 Å². The molecule has 0 radical (unpaired) electrons. The lowest BCUT2D eigenvalue weighted by Crippen LogP contribution is -2.33. The fourth-order valence-electron chi connectivity index (χ4n) is 2.21. The van der Waals surface area contributed by atoms with Gasteiger partial charge in [0.1, 0.15) is 0 Å². The van der Waals surface area contributed by atoms with Gasteiger partial charge in [0.05, 0.1) is 17.1 Å². The number of aromatic nitrogens is 1. The lowest BCUT2D eigenvalue weighted by molar-refractivity contribution is -0.142. The topological polar surface area (TPSA) is 83.6 Å². The second-order valence-electron chi connectivity index (χ2n) is 5.61. The van der Waals surface area contributed by atoms with Crippen molar-refractivity contribution >= 4 is 23.5 Å². The fraction of sp³-hybridized carbons (Fsp3) is 0.353. The predicted molar refractivity (Wildman–Crippen MR) is 89.7 cm³/mol. The van der Waals surface area contributed by atoms with E-state index in [1.165, 1.54) is 4.90 Å². The highest BCUT2D eigenvalue weighted by Crippen LogP contribution is 2.28. The summed E-state index contributed by atoms with van der Waals surface area (Å²) in [5, 5.41) is 9.45. The van der Waals surface area contributed by atoms with Gasteiger partial charge in [-0.1, -0.05) is 30.7 Å². The Kier molecular flexibility index (Phi) is 5.98. The summed E-state index contributed by atoms with van der Waals surface area (Å²) in [5.74, 6) is -0.686. The Bertz CT molecular complexity index is 729. The van der Waals surface area contributed by atoms with E-state index in [1.54, 1.807) is 26.2 Å². The number of nitrogens with zero attached hydrogens (tertiary/aromatic N) is 2. The summed E-state index contributed by atoms with van der Waals surface area (Å²) in [6.45, 7) is 1.74. The molecule has 128 valence electrons. The van der Waals surface area contributed by atoms with Crippen molar-refractivity contribution in [3.05, 3.63) is 41.4 Å². The number of aryl methyl sites for hydroxylation is 1. The molecule has 0 fully saturated rings. The number of oxazole rings is 1. The SMILES string of the molecule is CC(CN(C)C(=O)CCc1ncc(-c2ccccc2Cl)o1)C(=O)O. The molecule has 0 aliphatic rings. The first-order chi connectivity index (χ1) is 11.4. The molecule has 0 saturated carbocycles. The molecule has 7 heteroatoms. The summed E-state index contributed by atoms with van der Waals surface area (Å²) in [4.78, 5) is 28.5. The van der Waals surface area contributed by atoms with Crippen LogP contribution in [0.2, 0.25) is 5.02 Å². The maximum atomic E-state index is 12.0. The van der Waals surface area contributed by atoms with E-state index in [-0.39, 0.29) is 18.9 Å². The van der Waals surface area contributed by atoms with Gasteiger partial charge in [-0.05, 0) is 12.1 Å². The van der Waals surface area contributed by atoms with Gasteiger partial charge in [-0.3, -0.25) is 9.59 Å². The molecule has 24 heavy (non-hydrogen) atoms. The van der Waals surface area contributed by atoms with Crippen molar-refractivity contribution in [1.82, 2.24) is 9.88 Å². The largest absolute Gasteiger partial charge is 0.481 e. The van der Waals surface area contributed by atoms with Crippen LogP contribution in [-0.4, -0.2) is 40.5 Å². The van der Waals surface area contributed by atoms with Gasteiger partial charge < -0.3 is 14.4 Å². The third kappa shape index (κ3) is 4.58. The summed E-state index contributed by atoms with van der Waals surface area (Å²) >= 11 is 6.11. The standard InChI is InChI=1S/C17H19ClN2O4/c1-11(17(22)23)10-20(2)16(21)8-7-15-19-9-14(24-15)12-5-3-4-6-13(12)18/h3-6,9,11H,7-8,10H2,1-2H3,(H,22,23). The van der Waals surface area contributed by atoms with Crippen molar-refractivity contribution in [2.24, 2.45) is 5.92 Å². The molecule has 1 amide bonds. The molecule has 1 aromatic heterocycles. The zero-order valence-corrected chi connectivity index (χ0v) is 14.3. The van der Waals surface area contributed by atoms with Crippen molar-refractivity contribution in [1.29, 1.82) is 0 Å². The summed E-state index contributed by atoms with van der Waals surface area (Å²) < 4.78 is 5.64. The predicted octanol–water partition coefficient (Wildman–Crippen LogP) is 3.11. The van der Waals surface area contributed by atoms with E-state index in [0.717, 1.165) is 5.56 Å². The van der Waals surface area contributed by atoms with Gasteiger partial charge in [-0.25, -0.2) is 4.98 Å². The van der Waals surface area contributed by atoms with Crippen LogP contribution in [0.25, 0.3) is 11.3 Å². The summed E-state index contributed by atoms with van der Waals surface area (Å²) in [6, 6.07) is 7.28. The Hall–Kier alpha value is -2.34. The number of hydrogen-bond donors (Lipinski definition) is 1. The van der Waals surface area contributed by atoms with Crippen LogP contribution in [0.3, 0.4) is 0 Å². The Balaban J connectivity index is 1.92. The molecule has 0 bridgehead atoms. The van der Waals surface area contributed by atoms with Gasteiger partial charge in [-0.15, -0.1) is 0 Å². The lowest BCUT2D eigenvalue weighted by atomic mass is 10.1. The number of carbonyl (C=O) groups excluding carboxylic acids is 1. The summed E-state index contributed by atoms with van der Waals surface area (Å²) in [5.41, 5.74) is 0.747. The lowest BCUT2D eigenvalue weighted by Gasteiger charge is -2.19.